The molecule has 0 aromatic heterocycles. The van der Waals surface area contributed by atoms with Gasteiger partial charge in [0.25, 0.3) is 0 Å². The van der Waals surface area contributed by atoms with Crippen molar-refractivity contribution in [3.63, 3.8) is 0 Å². The van der Waals surface area contributed by atoms with Crippen molar-refractivity contribution in [2.75, 3.05) is 7.05 Å². The van der Waals surface area contributed by atoms with E-state index in [1.54, 1.807) is 6.07 Å². The predicted molar refractivity (Wildman–Crippen MR) is 100 cm³/mol. The normalized spacial score (nSPS) is 11.7. The third kappa shape index (κ3) is 6.43. The van der Waals surface area contributed by atoms with Crippen molar-refractivity contribution in [3.8, 4) is 0 Å². The molecule has 0 aliphatic carbocycles. The lowest BCUT2D eigenvalue weighted by molar-refractivity contribution is -0.137. The van der Waals surface area contributed by atoms with Crippen LogP contribution in [-0.2, 0) is 19.3 Å². The minimum atomic E-state index is -4.41. The highest BCUT2D eigenvalue weighted by Crippen LogP contribution is 2.29. The Morgan fingerprint density at radius 3 is 2.35 bits per heavy atom. The molecule has 2 rings (SSSR count). The van der Waals surface area contributed by atoms with Crippen LogP contribution in [0.25, 0.3) is 0 Å². The Hall–Kier alpha value is -1.91. The number of halogens is 6. The Balaban J connectivity index is 0.00000338. The van der Waals surface area contributed by atoms with Crippen molar-refractivity contribution in [1.82, 2.24) is 10.6 Å². The number of nitrogens with zero attached hydrogens (tertiary/aromatic N) is 1. The minimum absolute atomic E-state index is 0. The van der Waals surface area contributed by atoms with Gasteiger partial charge in [0.15, 0.2) is 5.96 Å². The maximum atomic E-state index is 13.6. The molecular formula is C17H17F5IN3. The van der Waals surface area contributed by atoms with Gasteiger partial charge in [-0.05, 0) is 35.9 Å². The van der Waals surface area contributed by atoms with Gasteiger partial charge in [-0.25, -0.2) is 8.78 Å². The first-order chi connectivity index (χ1) is 11.8. The van der Waals surface area contributed by atoms with Crippen LogP contribution in [0.4, 0.5) is 22.0 Å². The second kappa shape index (κ2) is 9.70. The summed E-state index contributed by atoms with van der Waals surface area (Å²) in [6.45, 7) is 0.0705. The summed E-state index contributed by atoms with van der Waals surface area (Å²) >= 11 is 0. The number of rotatable bonds is 4. The van der Waals surface area contributed by atoms with E-state index in [1.165, 1.54) is 13.1 Å². The molecule has 0 amide bonds. The monoisotopic (exact) mass is 485 g/mol. The lowest BCUT2D eigenvalue weighted by Gasteiger charge is -2.13. The highest BCUT2D eigenvalue weighted by molar-refractivity contribution is 14.0. The largest absolute Gasteiger partial charge is 0.416 e. The Bertz CT molecular complexity index is 762. The molecule has 0 aliphatic rings. The van der Waals surface area contributed by atoms with Gasteiger partial charge in [0.1, 0.15) is 11.6 Å². The summed E-state index contributed by atoms with van der Waals surface area (Å²) in [7, 11) is 1.46. The first-order valence-corrected chi connectivity index (χ1v) is 7.34. The maximum absolute atomic E-state index is 13.6. The van der Waals surface area contributed by atoms with Gasteiger partial charge in [-0.2, -0.15) is 13.2 Å². The number of alkyl halides is 3. The molecule has 26 heavy (non-hydrogen) atoms. The molecule has 0 radical (unpaired) electrons. The van der Waals surface area contributed by atoms with Crippen LogP contribution in [0.15, 0.2) is 47.5 Å². The number of aliphatic imine (C=N–C) groups is 1. The Labute approximate surface area is 164 Å². The van der Waals surface area contributed by atoms with Gasteiger partial charge < -0.3 is 10.6 Å². The van der Waals surface area contributed by atoms with Crippen LogP contribution in [-0.4, -0.2) is 13.0 Å². The molecule has 3 nitrogen and oxygen atoms in total. The molecule has 9 heteroatoms. The second-order valence-corrected chi connectivity index (χ2v) is 5.21. The van der Waals surface area contributed by atoms with Gasteiger partial charge in [-0.1, -0.05) is 12.1 Å². The SMILES string of the molecule is CN=C(NCc1cccc(C(F)(F)F)c1)NCc1cc(F)ccc1F.I. The van der Waals surface area contributed by atoms with E-state index >= 15 is 0 Å². The first kappa shape index (κ1) is 22.1. The molecule has 0 heterocycles. The number of hydrogen-bond donors (Lipinski definition) is 2. The van der Waals surface area contributed by atoms with Crippen LogP contribution in [0.5, 0.6) is 0 Å². The van der Waals surface area contributed by atoms with Crippen molar-refractivity contribution >= 4 is 29.9 Å². The summed E-state index contributed by atoms with van der Waals surface area (Å²) in [5.74, 6) is -0.881. The summed E-state index contributed by atoms with van der Waals surface area (Å²) < 4.78 is 64.7. The van der Waals surface area contributed by atoms with Gasteiger partial charge in [0.2, 0.25) is 0 Å². The summed E-state index contributed by atoms with van der Waals surface area (Å²) in [5.41, 5.74) is -0.215. The van der Waals surface area contributed by atoms with Crippen LogP contribution in [0.1, 0.15) is 16.7 Å². The Kier molecular flexibility index (Phi) is 8.25. The molecule has 0 saturated carbocycles. The standard InChI is InChI=1S/C17H16F5N3.HI/c1-23-16(25-10-12-8-14(18)5-6-15(12)19)24-9-11-3-2-4-13(7-11)17(20,21)22;/h2-8H,9-10H2,1H3,(H2,23,24,25);1H. The number of benzene rings is 2. The van der Waals surface area contributed by atoms with Crippen molar-refractivity contribution in [3.05, 3.63) is 70.8 Å². The molecule has 2 aromatic carbocycles. The van der Waals surface area contributed by atoms with E-state index < -0.39 is 23.4 Å². The fourth-order valence-electron chi connectivity index (χ4n) is 2.12. The lowest BCUT2D eigenvalue weighted by Crippen LogP contribution is -2.36. The molecule has 0 spiro atoms. The topological polar surface area (TPSA) is 36.4 Å². The van der Waals surface area contributed by atoms with Crippen LogP contribution in [0.2, 0.25) is 0 Å². The predicted octanol–water partition coefficient (Wildman–Crippen LogP) is 4.47. The van der Waals surface area contributed by atoms with Crippen molar-refractivity contribution in [1.29, 1.82) is 0 Å². The van der Waals surface area contributed by atoms with E-state index in [1.807, 2.05) is 0 Å². The molecule has 0 atom stereocenters. The Morgan fingerprint density at radius 2 is 1.69 bits per heavy atom. The Morgan fingerprint density at radius 1 is 1.00 bits per heavy atom. The second-order valence-electron chi connectivity index (χ2n) is 5.21. The minimum Gasteiger partial charge on any atom is -0.352 e. The molecule has 142 valence electrons. The fourth-order valence-corrected chi connectivity index (χ4v) is 2.12. The number of hydrogen-bond acceptors (Lipinski definition) is 1. The third-order valence-corrected chi connectivity index (χ3v) is 3.39. The van der Waals surface area contributed by atoms with Crippen LogP contribution in [0.3, 0.4) is 0 Å². The summed E-state index contributed by atoms with van der Waals surface area (Å²) in [4.78, 5) is 3.90. The molecule has 0 unspecified atom stereocenters. The zero-order valence-corrected chi connectivity index (χ0v) is 16.0. The number of nitrogens with one attached hydrogen (secondary N) is 2. The quantitative estimate of drug-likeness (QED) is 0.291. The highest BCUT2D eigenvalue weighted by Gasteiger charge is 2.30. The third-order valence-electron chi connectivity index (χ3n) is 3.39. The fraction of sp³-hybridized carbons (Fsp3) is 0.235. The van der Waals surface area contributed by atoms with Crippen LogP contribution >= 0.6 is 24.0 Å². The molecule has 0 bridgehead atoms. The molecule has 0 fully saturated rings. The van der Waals surface area contributed by atoms with Gasteiger partial charge in [-0.15, -0.1) is 24.0 Å². The smallest absolute Gasteiger partial charge is 0.352 e. The molecular weight excluding hydrogens is 468 g/mol. The maximum Gasteiger partial charge on any atom is 0.416 e. The van der Waals surface area contributed by atoms with E-state index in [2.05, 4.69) is 15.6 Å². The van der Waals surface area contributed by atoms with Gasteiger partial charge in [0, 0.05) is 25.7 Å². The van der Waals surface area contributed by atoms with Crippen LogP contribution < -0.4 is 10.6 Å². The number of guanidine groups is 1. The summed E-state index contributed by atoms with van der Waals surface area (Å²) in [5, 5.41) is 5.60. The van der Waals surface area contributed by atoms with Gasteiger partial charge >= 0.3 is 6.18 Å². The zero-order chi connectivity index (χ0) is 18.4. The lowest BCUT2D eigenvalue weighted by atomic mass is 10.1. The van der Waals surface area contributed by atoms with E-state index in [-0.39, 0.29) is 48.6 Å². The highest BCUT2D eigenvalue weighted by atomic mass is 127. The zero-order valence-electron chi connectivity index (χ0n) is 13.7. The van der Waals surface area contributed by atoms with Crippen molar-refractivity contribution < 1.29 is 22.0 Å². The average Bonchev–Trinajstić information content (AvgIpc) is 2.57. The van der Waals surface area contributed by atoms with E-state index in [4.69, 9.17) is 0 Å². The van der Waals surface area contributed by atoms with E-state index in [9.17, 15) is 22.0 Å². The van der Waals surface area contributed by atoms with Gasteiger partial charge in [-0.3, -0.25) is 4.99 Å². The van der Waals surface area contributed by atoms with E-state index in [0.717, 1.165) is 30.3 Å². The molecule has 2 N–H and O–H groups in total. The average molecular weight is 485 g/mol. The molecule has 2 aromatic rings. The van der Waals surface area contributed by atoms with Crippen molar-refractivity contribution in [2.24, 2.45) is 4.99 Å². The first-order valence-electron chi connectivity index (χ1n) is 7.34. The van der Waals surface area contributed by atoms with Crippen molar-refractivity contribution in [2.45, 2.75) is 19.3 Å². The summed E-state index contributed by atoms with van der Waals surface area (Å²) in [6, 6.07) is 7.98. The van der Waals surface area contributed by atoms with Gasteiger partial charge in [0.05, 0.1) is 5.56 Å². The molecule has 0 saturated heterocycles. The molecule has 0 aliphatic heterocycles. The summed E-state index contributed by atoms with van der Waals surface area (Å²) in [6.07, 6.45) is -4.41. The van der Waals surface area contributed by atoms with E-state index in [0.29, 0.717) is 5.56 Å². The van der Waals surface area contributed by atoms with Crippen LogP contribution in [0, 0.1) is 11.6 Å².